The van der Waals surface area contributed by atoms with Crippen molar-refractivity contribution in [2.45, 2.75) is 97.0 Å². The van der Waals surface area contributed by atoms with E-state index in [1.54, 1.807) is 30.6 Å². The number of nitrogens with zero attached hydrogens (tertiary/aromatic N) is 3. The van der Waals surface area contributed by atoms with Gasteiger partial charge >= 0.3 is 12.2 Å². The lowest BCUT2D eigenvalue weighted by Gasteiger charge is -2.40. The van der Waals surface area contributed by atoms with Crippen LogP contribution in [0, 0.1) is 17.0 Å². The highest BCUT2D eigenvalue weighted by Crippen LogP contribution is 2.49. The van der Waals surface area contributed by atoms with E-state index in [-0.39, 0.29) is 36.3 Å². The summed E-state index contributed by atoms with van der Waals surface area (Å²) in [6.07, 6.45) is 1.76. The Kier molecular flexibility index (Phi) is 9.76. The van der Waals surface area contributed by atoms with Gasteiger partial charge in [-0.2, -0.15) is 0 Å². The highest BCUT2D eigenvalue weighted by molar-refractivity contribution is 5.83. The second-order valence-corrected chi connectivity index (χ2v) is 15.1. The normalized spacial score (nSPS) is 20.6. The Morgan fingerprint density at radius 3 is 2.13 bits per heavy atom. The summed E-state index contributed by atoms with van der Waals surface area (Å²) in [4.78, 5) is 44.7. The Balaban J connectivity index is 1.26. The number of hydrogen-bond acceptors (Lipinski definition) is 6. The van der Waals surface area contributed by atoms with Crippen LogP contribution < -0.4 is 4.74 Å². The Hall–Kier alpha value is -3.89. The van der Waals surface area contributed by atoms with Gasteiger partial charge in [0.25, 0.3) is 0 Å². The molecule has 0 radical (unpaired) electrons. The van der Waals surface area contributed by atoms with E-state index in [0.717, 1.165) is 30.9 Å². The maximum Gasteiger partial charge on any atom is 0.411 e. The molecule has 0 bridgehead atoms. The van der Waals surface area contributed by atoms with Crippen molar-refractivity contribution >= 4 is 18.1 Å². The Labute approximate surface area is 276 Å². The summed E-state index contributed by atoms with van der Waals surface area (Å²) in [5.74, 6) is -2.27. The molecule has 3 aliphatic rings. The summed E-state index contributed by atoms with van der Waals surface area (Å²) < 4.78 is 46.7. The Morgan fingerprint density at radius 2 is 1.51 bits per heavy atom. The van der Waals surface area contributed by atoms with Crippen molar-refractivity contribution in [2.75, 3.05) is 32.7 Å². The Bertz CT molecular complexity index is 1460. The molecule has 1 aliphatic carbocycles. The zero-order valence-corrected chi connectivity index (χ0v) is 28.3. The molecule has 47 heavy (non-hydrogen) atoms. The molecule has 0 N–H and O–H groups in total. The smallest absolute Gasteiger partial charge is 0.411 e. The number of carbonyl (C=O) groups is 3. The van der Waals surface area contributed by atoms with Crippen molar-refractivity contribution in [1.29, 1.82) is 0 Å². The Morgan fingerprint density at radius 1 is 0.894 bits per heavy atom. The molecule has 0 unspecified atom stereocenters. The van der Waals surface area contributed by atoms with Crippen LogP contribution in [0.3, 0.4) is 0 Å². The van der Waals surface area contributed by atoms with E-state index in [9.17, 15) is 18.8 Å². The van der Waals surface area contributed by atoms with Gasteiger partial charge in [-0.25, -0.2) is 18.4 Å². The van der Waals surface area contributed by atoms with Crippen LogP contribution in [0.4, 0.5) is 18.4 Å². The molecule has 2 heterocycles. The summed E-state index contributed by atoms with van der Waals surface area (Å²) in [6.45, 7) is 12.9. The fourth-order valence-electron chi connectivity index (χ4n) is 6.54. The van der Waals surface area contributed by atoms with Gasteiger partial charge in [0.05, 0.1) is 0 Å². The molecular formula is C36H47F2N3O6. The van der Waals surface area contributed by atoms with Crippen molar-refractivity contribution in [1.82, 2.24) is 14.7 Å². The monoisotopic (exact) mass is 655 g/mol. The minimum Gasteiger partial charge on any atom is -0.486 e. The molecular weight excluding hydrogens is 608 g/mol. The molecule has 3 fully saturated rings. The summed E-state index contributed by atoms with van der Waals surface area (Å²) in [5.41, 5.74) is -0.299. The molecule has 9 nitrogen and oxygen atoms in total. The lowest BCUT2D eigenvalue weighted by atomic mass is 9.78. The minimum atomic E-state index is -0.819. The minimum absolute atomic E-state index is 0.0588. The molecule has 2 atom stereocenters. The number of carbonyl (C=O) groups excluding carboxylic acids is 3. The highest BCUT2D eigenvalue weighted by Gasteiger charge is 2.49. The number of halogens is 2. The van der Waals surface area contributed by atoms with Gasteiger partial charge in [-0.05, 0) is 84.3 Å². The molecule has 2 aromatic rings. The first kappa shape index (κ1) is 34.4. The second-order valence-electron chi connectivity index (χ2n) is 15.1. The number of ether oxygens (including phenoxy) is 3. The summed E-state index contributed by atoms with van der Waals surface area (Å²) in [5, 5.41) is 0. The molecule has 5 rings (SSSR count). The second kappa shape index (κ2) is 13.3. The van der Waals surface area contributed by atoms with Crippen LogP contribution in [-0.2, 0) is 20.9 Å². The molecule has 2 saturated heterocycles. The van der Waals surface area contributed by atoms with Gasteiger partial charge in [0.15, 0.2) is 11.6 Å². The molecule has 1 spiro atoms. The van der Waals surface area contributed by atoms with Gasteiger partial charge < -0.3 is 24.0 Å². The summed E-state index contributed by atoms with van der Waals surface area (Å²) in [6, 6.07) is 10.8. The maximum atomic E-state index is 15.1. The third-order valence-electron chi connectivity index (χ3n) is 9.02. The number of amides is 3. The first-order chi connectivity index (χ1) is 22.0. The van der Waals surface area contributed by atoms with Crippen molar-refractivity contribution in [2.24, 2.45) is 5.41 Å². The molecule has 1 saturated carbocycles. The van der Waals surface area contributed by atoms with E-state index in [2.05, 4.69) is 0 Å². The average molecular weight is 656 g/mol. The third kappa shape index (κ3) is 8.73. The zero-order valence-electron chi connectivity index (χ0n) is 28.3. The molecule has 11 heteroatoms. The number of piperidine rings is 1. The summed E-state index contributed by atoms with van der Waals surface area (Å²) >= 11 is 0. The van der Waals surface area contributed by atoms with Crippen molar-refractivity contribution in [3.63, 3.8) is 0 Å². The molecule has 3 amide bonds. The van der Waals surface area contributed by atoms with Crippen molar-refractivity contribution < 1.29 is 37.4 Å². The van der Waals surface area contributed by atoms with Crippen molar-refractivity contribution in [3.05, 3.63) is 65.2 Å². The quantitative estimate of drug-likeness (QED) is 0.323. The predicted octanol–water partition coefficient (Wildman–Crippen LogP) is 6.89. The predicted molar refractivity (Wildman–Crippen MR) is 172 cm³/mol. The van der Waals surface area contributed by atoms with Gasteiger partial charge in [-0.1, -0.05) is 30.3 Å². The lowest BCUT2D eigenvalue weighted by Crippen LogP contribution is -2.50. The average Bonchev–Trinajstić information content (AvgIpc) is 3.66. The maximum absolute atomic E-state index is 15.1. The number of rotatable bonds is 7. The number of hydrogen-bond donors (Lipinski definition) is 0. The van der Waals surface area contributed by atoms with Crippen molar-refractivity contribution in [3.8, 4) is 5.75 Å². The standard InChI is InChI=1S/C36H47F2N3O6/c1-34(2,3)46-32(43)40-17-14-36(23-40)12-15-39(16-13-36)30(42)21-41(33(44)47-35(4,5)6)29-20-26(29)27-18-25(37)19-28(38)31(27)45-22-24-10-8-7-9-11-24/h7-11,18-19,26,29H,12-17,20-23H2,1-6H3/t26-,29+/m0/s1. The molecule has 2 aliphatic heterocycles. The first-order valence-electron chi connectivity index (χ1n) is 16.4. The van der Waals surface area contributed by atoms with E-state index in [4.69, 9.17) is 14.2 Å². The zero-order chi connectivity index (χ0) is 34.1. The van der Waals surface area contributed by atoms with Crippen LogP contribution >= 0.6 is 0 Å². The fourth-order valence-corrected chi connectivity index (χ4v) is 6.54. The van der Waals surface area contributed by atoms with E-state index in [1.807, 2.05) is 51.1 Å². The molecule has 2 aromatic carbocycles. The fraction of sp³-hybridized carbons (Fsp3) is 0.583. The van der Waals surface area contributed by atoms with Crippen LogP contribution in [0.1, 0.15) is 84.3 Å². The van der Waals surface area contributed by atoms with Crippen LogP contribution in [0.15, 0.2) is 42.5 Å². The van der Waals surface area contributed by atoms with Gasteiger partial charge in [0.2, 0.25) is 5.91 Å². The van der Waals surface area contributed by atoms with Gasteiger partial charge in [-0.3, -0.25) is 9.69 Å². The first-order valence-corrected chi connectivity index (χ1v) is 16.4. The molecule has 0 aromatic heterocycles. The van der Waals surface area contributed by atoms with E-state index in [0.29, 0.717) is 38.2 Å². The SMILES string of the molecule is CC(C)(C)OC(=O)N1CCC2(CCN(C(=O)CN(C(=O)OC(C)(C)C)[C@@H]3C[C@H]3c3cc(F)cc(F)c3OCc3ccccc3)CC2)C1. The largest absolute Gasteiger partial charge is 0.486 e. The molecule has 256 valence electrons. The number of likely N-dealkylation sites (tertiary alicyclic amines) is 2. The van der Waals surface area contributed by atoms with Gasteiger partial charge in [0.1, 0.15) is 30.2 Å². The van der Waals surface area contributed by atoms with Crippen LogP contribution in [-0.4, -0.2) is 82.8 Å². The van der Waals surface area contributed by atoms with Crippen LogP contribution in [0.2, 0.25) is 0 Å². The van der Waals surface area contributed by atoms with E-state index in [1.165, 1.54) is 11.0 Å². The lowest BCUT2D eigenvalue weighted by molar-refractivity contribution is -0.134. The number of benzene rings is 2. The van der Waals surface area contributed by atoms with Gasteiger partial charge in [-0.15, -0.1) is 0 Å². The van der Waals surface area contributed by atoms with Gasteiger partial charge in [0, 0.05) is 49.8 Å². The summed E-state index contributed by atoms with van der Waals surface area (Å²) in [7, 11) is 0. The van der Waals surface area contributed by atoms with E-state index >= 15 is 4.39 Å². The van der Waals surface area contributed by atoms with Crippen LogP contribution in [0.5, 0.6) is 5.75 Å². The highest BCUT2D eigenvalue weighted by atomic mass is 19.1. The van der Waals surface area contributed by atoms with E-state index < -0.39 is 40.9 Å². The third-order valence-corrected chi connectivity index (χ3v) is 9.02. The topological polar surface area (TPSA) is 88.6 Å². The van der Waals surface area contributed by atoms with Crippen LogP contribution in [0.25, 0.3) is 0 Å².